The number of oxime groups is 1. The average Bonchev–Trinajstić information content (AvgIpc) is 2.73. The Balaban J connectivity index is 1.85. The van der Waals surface area contributed by atoms with Crippen LogP contribution in [-0.4, -0.2) is 24.2 Å². The highest BCUT2D eigenvalue weighted by Crippen LogP contribution is 2.41. The van der Waals surface area contributed by atoms with Crippen molar-refractivity contribution in [1.29, 1.82) is 0 Å². The average molecular weight is 381 g/mol. The van der Waals surface area contributed by atoms with Gasteiger partial charge in [0.05, 0.1) is 13.3 Å². The second-order valence-corrected chi connectivity index (χ2v) is 6.89. The van der Waals surface area contributed by atoms with E-state index in [9.17, 15) is 5.21 Å². The molecule has 0 spiro atoms. The van der Waals surface area contributed by atoms with Gasteiger partial charge in [-0.25, -0.2) is 0 Å². The number of nitrogens with zero attached hydrogens (tertiary/aromatic N) is 1. The first-order chi connectivity index (χ1) is 13.3. The van der Waals surface area contributed by atoms with Crippen molar-refractivity contribution in [2.75, 3.05) is 13.3 Å². The van der Waals surface area contributed by atoms with Gasteiger partial charge in [0.2, 0.25) is 0 Å². The summed E-state index contributed by atoms with van der Waals surface area (Å²) in [6, 6.07) is 26.3. The molecule has 0 fully saturated rings. The van der Waals surface area contributed by atoms with Crippen LogP contribution in [0.25, 0.3) is 0 Å². The maximum Gasteiger partial charge on any atom is 0.296 e. The molecule has 138 valence electrons. The van der Waals surface area contributed by atoms with Crippen LogP contribution in [0, 0.1) is 0 Å². The molecular weight excluding hydrogens is 361 g/mol. The zero-order valence-corrected chi connectivity index (χ0v) is 15.8. The fourth-order valence-corrected chi connectivity index (χ4v) is 3.82. The van der Waals surface area contributed by atoms with Gasteiger partial charge < -0.3 is 19.0 Å². The lowest BCUT2D eigenvalue weighted by atomic mass is 10.1. The largest absolute Gasteiger partial charge is 0.496 e. The van der Waals surface area contributed by atoms with Gasteiger partial charge in [0.1, 0.15) is 23.0 Å². The molecule has 6 heteroatoms. The van der Waals surface area contributed by atoms with Crippen LogP contribution in [0.3, 0.4) is 0 Å². The first-order valence-electron chi connectivity index (χ1n) is 8.38. The van der Waals surface area contributed by atoms with Crippen LogP contribution < -0.4 is 13.8 Å². The molecule has 3 aromatic carbocycles. The van der Waals surface area contributed by atoms with E-state index in [1.165, 1.54) is 0 Å². The summed E-state index contributed by atoms with van der Waals surface area (Å²) in [7, 11) is 0.135. The smallest absolute Gasteiger partial charge is 0.296 e. The summed E-state index contributed by atoms with van der Waals surface area (Å²) in [5.41, 5.74) is 1.13. The van der Waals surface area contributed by atoms with E-state index in [1.54, 1.807) is 7.11 Å². The highest BCUT2D eigenvalue weighted by atomic mass is 31.2. The molecule has 0 saturated heterocycles. The van der Waals surface area contributed by atoms with Gasteiger partial charge in [-0.1, -0.05) is 53.7 Å². The maximum absolute atomic E-state index is 9.61. The van der Waals surface area contributed by atoms with E-state index in [2.05, 4.69) is 5.16 Å². The van der Waals surface area contributed by atoms with Crippen LogP contribution in [-0.2, 0) is 0 Å². The monoisotopic (exact) mass is 381 g/mol. The Labute approximate surface area is 159 Å². The van der Waals surface area contributed by atoms with Crippen LogP contribution in [0.5, 0.6) is 17.2 Å². The Morgan fingerprint density at radius 3 is 1.85 bits per heavy atom. The summed E-state index contributed by atoms with van der Waals surface area (Å²) in [6.07, 6.45) is 0.288. The van der Waals surface area contributed by atoms with Crippen molar-refractivity contribution in [1.82, 2.24) is 0 Å². The third-order valence-electron chi connectivity index (χ3n) is 3.72. The number of hydrogen-bond acceptors (Lipinski definition) is 5. The van der Waals surface area contributed by atoms with Crippen molar-refractivity contribution in [2.24, 2.45) is 5.16 Å². The van der Waals surface area contributed by atoms with Gasteiger partial charge in [-0.2, -0.15) is 0 Å². The Kier molecular flexibility index (Phi) is 6.66. The minimum atomic E-state index is -1.45. The third kappa shape index (κ3) is 5.22. The van der Waals surface area contributed by atoms with Crippen LogP contribution in [0.2, 0.25) is 0 Å². The SMILES string of the molecule is COc1ccccc1C(CP(Oc1ccccc1)Oc1ccccc1)=NO. The summed E-state index contributed by atoms with van der Waals surface area (Å²) in [4.78, 5) is 0. The van der Waals surface area contributed by atoms with Gasteiger partial charge in [-0.3, -0.25) is 0 Å². The number of rotatable bonds is 8. The minimum Gasteiger partial charge on any atom is -0.496 e. The predicted octanol–water partition coefficient (Wildman–Crippen LogP) is 5.34. The number of benzene rings is 3. The van der Waals surface area contributed by atoms with Crippen molar-refractivity contribution >= 4 is 14.1 Å². The van der Waals surface area contributed by atoms with E-state index in [0.717, 1.165) is 0 Å². The van der Waals surface area contributed by atoms with Crippen molar-refractivity contribution in [3.63, 3.8) is 0 Å². The van der Waals surface area contributed by atoms with Gasteiger partial charge in [-0.05, 0) is 36.4 Å². The molecule has 0 bridgehead atoms. The van der Waals surface area contributed by atoms with Crippen molar-refractivity contribution in [3.8, 4) is 17.2 Å². The fourth-order valence-electron chi connectivity index (χ4n) is 2.46. The van der Waals surface area contributed by atoms with Gasteiger partial charge in [0, 0.05) is 5.56 Å². The Bertz CT molecular complexity index is 830. The number of para-hydroxylation sites is 3. The van der Waals surface area contributed by atoms with Crippen LogP contribution in [0.15, 0.2) is 90.1 Å². The van der Waals surface area contributed by atoms with Crippen molar-refractivity contribution in [2.45, 2.75) is 0 Å². The van der Waals surface area contributed by atoms with Crippen molar-refractivity contribution in [3.05, 3.63) is 90.5 Å². The van der Waals surface area contributed by atoms with Crippen LogP contribution in [0.4, 0.5) is 0 Å². The van der Waals surface area contributed by atoms with E-state index >= 15 is 0 Å². The van der Waals surface area contributed by atoms with Crippen LogP contribution in [0.1, 0.15) is 5.56 Å². The van der Waals surface area contributed by atoms with Gasteiger partial charge in [-0.15, -0.1) is 0 Å². The molecular formula is C21H20NO4P. The Morgan fingerprint density at radius 1 is 0.815 bits per heavy atom. The quantitative estimate of drug-likeness (QED) is 0.248. The Morgan fingerprint density at radius 2 is 1.33 bits per heavy atom. The molecule has 0 radical (unpaired) electrons. The first-order valence-corrected chi connectivity index (χ1v) is 9.74. The minimum absolute atomic E-state index is 0.288. The molecule has 0 heterocycles. The highest BCUT2D eigenvalue weighted by Gasteiger charge is 2.22. The van der Waals surface area contributed by atoms with Crippen molar-refractivity contribution < 1.29 is 19.0 Å². The highest BCUT2D eigenvalue weighted by molar-refractivity contribution is 7.49. The van der Waals surface area contributed by atoms with Gasteiger partial charge >= 0.3 is 0 Å². The Hall–Kier alpha value is -3.04. The van der Waals surface area contributed by atoms with E-state index in [-0.39, 0.29) is 6.16 Å². The van der Waals surface area contributed by atoms with E-state index in [0.29, 0.717) is 28.5 Å². The number of hydrogen-bond donors (Lipinski definition) is 1. The predicted molar refractivity (Wildman–Crippen MR) is 107 cm³/mol. The van der Waals surface area contributed by atoms with E-state index in [1.807, 2.05) is 84.9 Å². The molecule has 0 unspecified atom stereocenters. The molecule has 1 N–H and O–H groups in total. The third-order valence-corrected chi connectivity index (χ3v) is 5.10. The molecule has 3 aromatic rings. The van der Waals surface area contributed by atoms with Gasteiger partial charge in [0.15, 0.2) is 0 Å². The molecule has 0 aliphatic rings. The summed E-state index contributed by atoms with van der Waals surface area (Å²) < 4.78 is 17.5. The zero-order chi connectivity index (χ0) is 18.9. The molecule has 0 saturated carbocycles. The molecule has 0 aliphatic carbocycles. The zero-order valence-electron chi connectivity index (χ0n) is 14.9. The second-order valence-electron chi connectivity index (χ2n) is 5.55. The van der Waals surface area contributed by atoms with E-state index in [4.69, 9.17) is 13.8 Å². The molecule has 0 atom stereocenters. The summed E-state index contributed by atoms with van der Waals surface area (Å²) in [5, 5.41) is 13.1. The number of ether oxygens (including phenoxy) is 1. The van der Waals surface area contributed by atoms with Gasteiger partial charge in [0.25, 0.3) is 8.38 Å². The standard InChI is InChI=1S/C21H20NO4P/c1-24-21-15-9-8-14-19(21)20(22-23)16-27(25-17-10-4-2-5-11-17)26-18-12-6-3-7-13-18/h2-15,23H,16H2,1H3. The molecule has 0 amide bonds. The lowest BCUT2D eigenvalue weighted by Crippen LogP contribution is -2.12. The maximum atomic E-state index is 9.61. The molecule has 3 rings (SSSR count). The summed E-state index contributed by atoms with van der Waals surface area (Å²) in [6.45, 7) is 0. The summed E-state index contributed by atoms with van der Waals surface area (Å²) in [5.74, 6) is 2.01. The molecule has 5 nitrogen and oxygen atoms in total. The number of methoxy groups -OCH3 is 1. The molecule has 27 heavy (non-hydrogen) atoms. The molecule has 0 aromatic heterocycles. The summed E-state index contributed by atoms with van der Waals surface area (Å²) >= 11 is 0. The van der Waals surface area contributed by atoms with Crippen LogP contribution >= 0.6 is 8.38 Å². The topological polar surface area (TPSA) is 60.3 Å². The first kappa shape index (κ1) is 18.7. The fraction of sp³-hybridized carbons (Fsp3) is 0.0952. The normalized spacial score (nSPS) is 11.3. The second kappa shape index (κ2) is 9.60. The lowest BCUT2D eigenvalue weighted by Gasteiger charge is -2.19. The molecule has 0 aliphatic heterocycles. The lowest BCUT2D eigenvalue weighted by molar-refractivity contribution is 0.318. The van der Waals surface area contributed by atoms with E-state index < -0.39 is 8.38 Å².